The molecule has 0 bridgehead atoms. The summed E-state index contributed by atoms with van der Waals surface area (Å²) < 4.78 is 16.3. The highest BCUT2D eigenvalue weighted by atomic mass is 32.2. The van der Waals surface area contributed by atoms with Gasteiger partial charge < -0.3 is 19.3 Å². The van der Waals surface area contributed by atoms with E-state index < -0.39 is 30.3 Å². The second-order valence-electron chi connectivity index (χ2n) is 4.69. The molecule has 5 atom stereocenters. The normalized spacial score (nSPS) is 33.5. The maximum atomic E-state index is 11.3. The minimum absolute atomic E-state index is 0.143. The summed E-state index contributed by atoms with van der Waals surface area (Å²) in [5.74, 6) is -0.255. The van der Waals surface area contributed by atoms with Crippen LogP contribution in [0.5, 0.6) is 0 Å². The fourth-order valence-electron chi connectivity index (χ4n) is 2.24. The van der Waals surface area contributed by atoms with Gasteiger partial charge in [0.2, 0.25) is 0 Å². The minimum Gasteiger partial charge on any atom is -0.458 e. The summed E-state index contributed by atoms with van der Waals surface area (Å²) in [5, 5.41) is 9.43. The Hall–Kier alpha value is -0.790. The van der Waals surface area contributed by atoms with Crippen molar-refractivity contribution in [3.8, 4) is 0 Å². The van der Waals surface area contributed by atoms with Gasteiger partial charge in [-0.3, -0.25) is 9.59 Å². The van der Waals surface area contributed by atoms with Crippen LogP contribution in [0.25, 0.3) is 0 Å². The molecule has 1 aliphatic heterocycles. The number of ether oxygens (including phenoxy) is 3. The molecule has 0 aliphatic carbocycles. The van der Waals surface area contributed by atoms with E-state index >= 15 is 0 Å². The lowest BCUT2D eigenvalue weighted by Crippen LogP contribution is -2.56. The SMILES string of the molecule is CCS[C@@H]1OC(CO)[C@H](OC(C)=O)[C@H](OC(C)=O)C1C. The van der Waals surface area contributed by atoms with Crippen LogP contribution >= 0.6 is 11.8 Å². The molecule has 116 valence electrons. The second kappa shape index (κ2) is 7.85. The standard InChI is InChI=1S/C13H22O6S/c1-5-20-13-7(2)11(17-8(3)15)12(18-9(4)16)10(6-14)19-13/h7,10-14H,5-6H2,1-4H3/t7?,10?,11-,12+,13+/m1/s1. The summed E-state index contributed by atoms with van der Waals surface area (Å²) in [4.78, 5) is 22.5. The van der Waals surface area contributed by atoms with Gasteiger partial charge in [-0.15, -0.1) is 11.8 Å². The summed E-state index contributed by atoms with van der Waals surface area (Å²) in [7, 11) is 0. The first-order valence-corrected chi connectivity index (χ1v) is 7.67. The molecule has 0 spiro atoms. The van der Waals surface area contributed by atoms with E-state index in [0.29, 0.717) is 0 Å². The van der Waals surface area contributed by atoms with Crippen molar-refractivity contribution in [2.24, 2.45) is 5.92 Å². The maximum absolute atomic E-state index is 11.3. The van der Waals surface area contributed by atoms with Crippen LogP contribution in [0.3, 0.4) is 0 Å². The number of aliphatic hydroxyl groups is 1. The number of thioether (sulfide) groups is 1. The van der Waals surface area contributed by atoms with E-state index in [2.05, 4.69) is 0 Å². The Labute approximate surface area is 123 Å². The van der Waals surface area contributed by atoms with Crippen molar-refractivity contribution in [2.75, 3.05) is 12.4 Å². The molecule has 1 aliphatic rings. The van der Waals surface area contributed by atoms with E-state index in [4.69, 9.17) is 14.2 Å². The number of rotatable bonds is 5. The number of hydrogen-bond acceptors (Lipinski definition) is 7. The van der Waals surface area contributed by atoms with Crippen molar-refractivity contribution in [2.45, 2.75) is 51.4 Å². The molecule has 1 saturated heterocycles. The molecule has 2 unspecified atom stereocenters. The van der Waals surface area contributed by atoms with Crippen LogP contribution in [-0.2, 0) is 23.8 Å². The van der Waals surface area contributed by atoms with Crippen molar-refractivity contribution in [1.82, 2.24) is 0 Å². The second-order valence-corrected chi connectivity index (χ2v) is 6.06. The summed E-state index contributed by atoms with van der Waals surface area (Å²) in [6.07, 6.45) is -2.10. The van der Waals surface area contributed by atoms with Gasteiger partial charge in [-0.2, -0.15) is 0 Å². The lowest BCUT2D eigenvalue weighted by Gasteiger charge is -2.43. The maximum Gasteiger partial charge on any atom is 0.303 e. The molecule has 7 heteroatoms. The predicted octanol–water partition coefficient (Wildman–Crippen LogP) is 0.956. The van der Waals surface area contributed by atoms with Gasteiger partial charge in [0.25, 0.3) is 0 Å². The van der Waals surface area contributed by atoms with Crippen LogP contribution in [0.15, 0.2) is 0 Å². The number of carbonyl (C=O) groups excluding carboxylic acids is 2. The van der Waals surface area contributed by atoms with Crippen LogP contribution in [-0.4, -0.2) is 53.2 Å². The quantitative estimate of drug-likeness (QED) is 0.757. The molecule has 1 rings (SSSR count). The van der Waals surface area contributed by atoms with Gasteiger partial charge in [-0.25, -0.2) is 0 Å². The molecule has 0 saturated carbocycles. The highest BCUT2D eigenvalue weighted by Gasteiger charge is 2.47. The fraction of sp³-hybridized carbons (Fsp3) is 0.846. The zero-order valence-corrected chi connectivity index (χ0v) is 13.0. The molecule has 20 heavy (non-hydrogen) atoms. The van der Waals surface area contributed by atoms with Crippen molar-refractivity contribution in [3.05, 3.63) is 0 Å². The highest BCUT2D eigenvalue weighted by Crippen LogP contribution is 2.35. The van der Waals surface area contributed by atoms with E-state index in [1.807, 2.05) is 13.8 Å². The van der Waals surface area contributed by atoms with Crippen LogP contribution in [0.1, 0.15) is 27.7 Å². The first-order valence-electron chi connectivity index (χ1n) is 6.63. The van der Waals surface area contributed by atoms with Crippen molar-refractivity contribution in [1.29, 1.82) is 0 Å². The molecule has 0 aromatic carbocycles. The molecule has 0 radical (unpaired) electrons. The van der Waals surface area contributed by atoms with Gasteiger partial charge >= 0.3 is 11.9 Å². The monoisotopic (exact) mass is 306 g/mol. The first kappa shape index (κ1) is 17.3. The van der Waals surface area contributed by atoms with Crippen molar-refractivity contribution >= 4 is 23.7 Å². The number of esters is 2. The Morgan fingerprint density at radius 3 is 2.20 bits per heavy atom. The molecule has 6 nitrogen and oxygen atoms in total. The van der Waals surface area contributed by atoms with Gasteiger partial charge in [0.15, 0.2) is 6.10 Å². The molecule has 0 amide bonds. The van der Waals surface area contributed by atoms with Crippen LogP contribution in [0.2, 0.25) is 0 Å². The lowest BCUT2D eigenvalue weighted by molar-refractivity contribution is -0.215. The Kier molecular flexibility index (Phi) is 6.78. The highest BCUT2D eigenvalue weighted by molar-refractivity contribution is 7.99. The van der Waals surface area contributed by atoms with Crippen LogP contribution < -0.4 is 0 Å². The topological polar surface area (TPSA) is 82.1 Å². The zero-order chi connectivity index (χ0) is 15.3. The molecule has 0 aromatic rings. The summed E-state index contributed by atoms with van der Waals surface area (Å²) in [5.41, 5.74) is -0.215. The smallest absolute Gasteiger partial charge is 0.303 e. The fourth-order valence-corrected chi connectivity index (χ4v) is 3.25. The third-order valence-corrected chi connectivity index (χ3v) is 4.26. The Morgan fingerprint density at radius 2 is 1.75 bits per heavy atom. The van der Waals surface area contributed by atoms with Gasteiger partial charge in [0.1, 0.15) is 17.6 Å². The van der Waals surface area contributed by atoms with E-state index in [9.17, 15) is 14.7 Å². The van der Waals surface area contributed by atoms with Gasteiger partial charge in [0.05, 0.1) is 6.61 Å². The summed E-state index contributed by atoms with van der Waals surface area (Å²) >= 11 is 1.57. The third-order valence-electron chi connectivity index (χ3n) is 3.06. The Bertz CT molecular complexity index is 348. The van der Waals surface area contributed by atoms with Crippen molar-refractivity contribution < 1.29 is 28.9 Å². The van der Waals surface area contributed by atoms with E-state index in [0.717, 1.165) is 5.75 Å². The molecular formula is C13H22O6S. The van der Waals surface area contributed by atoms with Crippen LogP contribution in [0.4, 0.5) is 0 Å². The molecular weight excluding hydrogens is 284 g/mol. The number of carbonyl (C=O) groups is 2. The largest absolute Gasteiger partial charge is 0.458 e. The molecule has 1 fully saturated rings. The minimum atomic E-state index is -0.787. The average molecular weight is 306 g/mol. The van der Waals surface area contributed by atoms with Gasteiger partial charge in [-0.1, -0.05) is 13.8 Å². The Morgan fingerprint density at radius 1 is 1.20 bits per heavy atom. The summed E-state index contributed by atoms with van der Waals surface area (Å²) in [6.45, 7) is 6.15. The summed E-state index contributed by atoms with van der Waals surface area (Å²) in [6, 6.07) is 0. The van der Waals surface area contributed by atoms with Gasteiger partial charge in [-0.05, 0) is 5.75 Å². The predicted molar refractivity (Wildman–Crippen MR) is 74.2 cm³/mol. The van der Waals surface area contributed by atoms with Crippen molar-refractivity contribution in [3.63, 3.8) is 0 Å². The third kappa shape index (κ3) is 4.36. The lowest BCUT2D eigenvalue weighted by atomic mass is 9.93. The van der Waals surface area contributed by atoms with E-state index in [-0.39, 0.29) is 18.0 Å². The molecule has 0 aromatic heterocycles. The van der Waals surface area contributed by atoms with Crippen LogP contribution in [0, 0.1) is 5.92 Å². The molecule has 1 N–H and O–H groups in total. The van der Waals surface area contributed by atoms with E-state index in [1.54, 1.807) is 11.8 Å². The zero-order valence-electron chi connectivity index (χ0n) is 12.2. The first-order chi connectivity index (χ1) is 9.40. The molecule has 1 heterocycles. The van der Waals surface area contributed by atoms with E-state index in [1.165, 1.54) is 13.8 Å². The Balaban J connectivity index is 2.96. The van der Waals surface area contributed by atoms with Gasteiger partial charge in [0, 0.05) is 19.8 Å². The number of hydrogen-bond donors (Lipinski definition) is 1. The number of aliphatic hydroxyl groups excluding tert-OH is 1. The average Bonchev–Trinajstić information content (AvgIpc) is 2.36.